The summed E-state index contributed by atoms with van der Waals surface area (Å²) in [5.41, 5.74) is 1.55. The number of rotatable bonds is 2. The van der Waals surface area contributed by atoms with Gasteiger partial charge in [0.25, 0.3) is 0 Å². The van der Waals surface area contributed by atoms with Crippen molar-refractivity contribution >= 4 is 22.9 Å². The maximum atomic E-state index is 11.6. The minimum absolute atomic E-state index is 0.334. The van der Waals surface area contributed by atoms with Gasteiger partial charge in [-0.05, 0) is 44.5 Å². The molecule has 1 heterocycles. The highest BCUT2D eigenvalue weighted by molar-refractivity contribution is 5.89. The predicted octanol–water partition coefficient (Wildman–Crippen LogP) is 2.93. The van der Waals surface area contributed by atoms with Crippen molar-refractivity contribution in [3.05, 3.63) is 36.0 Å². The van der Waals surface area contributed by atoms with E-state index in [1.54, 1.807) is 12.3 Å². The van der Waals surface area contributed by atoms with E-state index in [4.69, 9.17) is 4.74 Å². The Bertz CT molecular complexity index is 633. The quantitative estimate of drug-likeness (QED) is 0.614. The normalized spacial score (nSPS) is 12.2. The molecule has 0 radical (unpaired) electrons. The highest BCUT2D eigenvalue weighted by atomic mass is 16.6. The Kier molecular flexibility index (Phi) is 3.42. The fourth-order valence-corrected chi connectivity index (χ4v) is 1.79. The average molecular weight is 258 g/mol. The molecular formula is C15H18N2O2. The second kappa shape index (κ2) is 4.88. The van der Waals surface area contributed by atoms with E-state index in [0.29, 0.717) is 0 Å². The van der Waals surface area contributed by atoms with Crippen molar-refractivity contribution in [2.45, 2.75) is 26.4 Å². The minimum Gasteiger partial charge on any atom is -0.457 e. The number of carbonyl (C=O) groups excluding carboxylic acids is 1. The highest BCUT2D eigenvalue weighted by Gasteiger charge is 2.13. The van der Waals surface area contributed by atoms with E-state index in [9.17, 15) is 4.79 Å². The molecule has 0 bridgehead atoms. The molecule has 4 nitrogen and oxygen atoms in total. The Hall–Kier alpha value is -2.10. The first-order valence-electron chi connectivity index (χ1n) is 6.18. The summed E-state index contributed by atoms with van der Waals surface area (Å²) in [6.45, 7) is 5.54. The zero-order chi connectivity index (χ0) is 14.0. The first-order chi connectivity index (χ1) is 8.85. The Morgan fingerprint density at radius 3 is 2.79 bits per heavy atom. The molecular weight excluding hydrogens is 240 g/mol. The molecule has 0 aliphatic heterocycles. The number of benzene rings is 1. The van der Waals surface area contributed by atoms with Crippen LogP contribution in [-0.4, -0.2) is 21.4 Å². The van der Waals surface area contributed by atoms with E-state index >= 15 is 0 Å². The molecule has 1 aromatic heterocycles. The molecule has 0 saturated heterocycles. The highest BCUT2D eigenvalue weighted by Crippen LogP contribution is 2.16. The van der Waals surface area contributed by atoms with Crippen molar-refractivity contribution in [3.8, 4) is 0 Å². The van der Waals surface area contributed by atoms with Gasteiger partial charge < -0.3 is 4.74 Å². The molecule has 1 aromatic carbocycles. The molecule has 0 aliphatic carbocycles. The number of esters is 1. The predicted molar refractivity (Wildman–Crippen MR) is 75.6 cm³/mol. The molecule has 0 N–H and O–H groups in total. The maximum absolute atomic E-state index is 11.6. The molecule has 0 atom stereocenters. The lowest BCUT2D eigenvalue weighted by molar-refractivity contribution is -0.148. The van der Waals surface area contributed by atoms with Gasteiger partial charge in [0.2, 0.25) is 0 Å². The number of fused-ring (bicyclic) bond motifs is 1. The van der Waals surface area contributed by atoms with E-state index in [2.05, 4.69) is 5.10 Å². The third-order valence-electron chi connectivity index (χ3n) is 2.59. The standard InChI is InChI=1S/C15H18N2O2/c1-15(2,3)19-14(18)8-6-11-5-7-13-12(9-11)10-16-17(13)4/h5-10H,1-4H3/b8-6+. The maximum Gasteiger partial charge on any atom is 0.331 e. The van der Waals surface area contributed by atoms with Crippen molar-refractivity contribution < 1.29 is 9.53 Å². The summed E-state index contributed by atoms with van der Waals surface area (Å²) in [6.07, 6.45) is 5.00. The minimum atomic E-state index is -0.464. The Labute approximate surface area is 112 Å². The summed E-state index contributed by atoms with van der Waals surface area (Å²) < 4.78 is 7.02. The van der Waals surface area contributed by atoms with E-state index in [0.717, 1.165) is 16.5 Å². The molecule has 0 saturated carbocycles. The summed E-state index contributed by atoms with van der Waals surface area (Å²) in [7, 11) is 1.90. The molecule has 100 valence electrons. The van der Waals surface area contributed by atoms with Gasteiger partial charge in [0.15, 0.2) is 0 Å². The second-order valence-electron chi connectivity index (χ2n) is 5.45. The van der Waals surface area contributed by atoms with Crippen LogP contribution in [0.1, 0.15) is 26.3 Å². The number of ether oxygens (including phenoxy) is 1. The van der Waals surface area contributed by atoms with Crippen LogP contribution in [0.4, 0.5) is 0 Å². The third-order valence-corrected chi connectivity index (χ3v) is 2.59. The Balaban J connectivity index is 2.15. The van der Waals surface area contributed by atoms with Gasteiger partial charge in [-0.3, -0.25) is 4.68 Å². The lowest BCUT2D eigenvalue weighted by Gasteiger charge is -2.17. The van der Waals surface area contributed by atoms with Gasteiger partial charge in [-0.25, -0.2) is 4.79 Å². The zero-order valence-electron chi connectivity index (χ0n) is 11.7. The van der Waals surface area contributed by atoms with Crippen LogP contribution in [0, 0.1) is 0 Å². The van der Waals surface area contributed by atoms with Gasteiger partial charge in [0, 0.05) is 18.5 Å². The van der Waals surface area contributed by atoms with Crippen molar-refractivity contribution in [3.63, 3.8) is 0 Å². The smallest absolute Gasteiger partial charge is 0.331 e. The van der Waals surface area contributed by atoms with Crippen LogP contribution >= 0.6 is 0 Å². The molecule has 0 unspecified atom stereocenters. The van der Waals surface area contributed by atoms with Crippen LogP contribution in [0.5, 0.6) is 0 Å². The van der Waals surface area contributed by atoms with Crippen LogP contribution in [-0.2, 0) is 16.6 Å². The van der Waals surface area contributed by atoms with Gasteiger partial charge >= 0.3 is 5.97 Å². The summed E-state index contributed by atoms with van der Waals surface area (Å²) in [4.78, 5) is 11.6. The topological polar surface area (TPSA) is 44.1 Å². The molecule has 2 rings (SSSR count). The van der Waals surface area contributed by atoms with Crippen LogP contribution in [0.25, 0.3) is 17.0 Å². The lowest BCUT2D eigenvalue weighted by Crippen LogP contribution is -2.22. The van der Waals surface area contributed by atoms with E-state index in [-0.39, 0.29) is 5.97 Å². The number of carbonyl (C=O) groups is 1. The van der Waals surface area contributed by atoms with Gasteiger partial charge in [-0.1, -0.05) is 6.07 Å². The van der Waals surface area contributed by atoms with Crippen molar-refractivity contribution in [2.24, 2.45) is 7.05 Å². The second-order valence-corrected chi connectivity index (χ2v) is 5.45. The molecule has 0 aliphatic rings. The fraction of sp³-hybridized carbons (Fsp3) is 0.333. The number of nitrogens with zero attached hydrogens (tertiary/aromatic N) is 2. The van der Waals surface area contributed by atoms with Gasteiger partial charge in [0.1, 0.15) is 5.60 Å². The largest absolute Gasteiger partial charge is 0.457 e. The van der Waals surface area contributed by atoms with Crippen molar-refractivity contribution in [1.29, 1.82) is 0 Å². The Morgan fingerprint density at radius 2 is 2.11 bits per heavy atom. The Morgan fingerprint density at radius 1 is 1.37 bits per heavy atom. The summed E-state index contributed by atoms with van der Waals surface area (Å²) in [5.74, 6) is -0.334. The molecule has 0 spiro atoms. The van der Waals surface area contributed by atoms with Gasteiger partial charge in [0.05, 0.1) is 11.7 Å². The van der Waals surface area contributed by atoms with E-state index < -0.39 is 5.60 Å². The lowest BCUT2D eigenvalue weighted by atomic mass is 10.1. The number of aromatic nitrogens is 2. The van der Waals surface area contributed by atoms with E-state index in [1.807, 2.05) is 50.7 Å². The average Bonchev–Trinajstić information content (AvgIpc) is 2.66. The van der Waals surface area contributed by atoms with Crippen LogP contribution in [0.2, 0.25) is 0 Å². The summed E-state index contributed by atoms with van der Waals surface area (Å²) in [6, 6.07) is 5.92. The molecule has 19 heavy (non-hydrogen) atoms. The van der Waals surface area contributed by atoms with Crippen LogP contribution < -0.4 is 0 Å². The van der Waals surface area contributed by atoms with Crippen molar-refractivity contribution in [2.75, 3.05) is 0 Å². The van der Waals surface area contributed by atoms with E-state index in [1.165, 1.54) is 6.08 Å². The third kappa shape index (κ3) is 3.44. The van der Waals surface area contributed by atoms with Crippen LogP contribution in [0.15, 0.2) is 30.5 Å². The number of hydrogen-bond acceptors (Lipinski definition) is 3. The fourth-order valence-electron chi connectivity index (χ4n) is 1.79. The molecule has 2 aromatic rings. The number of aryl methyl sites for hydroxylation is 1. The molecule has 0 fully saturated rings. The first-order valence-corrected chi connectivity index (χ1v) is 6.18. The first kappa shape index (κ1) is 13.3. The van der Waals surface area contributed by atoms with Gasteiger partial charge in [-0.2, -0.15) is 5.10 Å². The van der Waals surface area contributed by atoms with Gasteiger partial charge in [-0.15, -0.1) is 0 Å². The molecule has 0 amide bonds. The zero-order valence-corrected chi connectivity index (χ0v) is 11.7. The molecule has 4 heteroatoms. The monoisotopic (exact) mass is 258 g/mol. The summed E-state index contributed by atoms with van der Waals surface area (Å²) >= 11 is 0. The SMILES string of the molecule is Cn1ncc2cc(/C=C/C(=O)OC(C)(C)C)ccc21. The number of hydrogen-bond donors (Lipinski definition) is 0. The van der Waals surface area contributed by atoms with Crippen LogP contribution in [0.3, 0.4) is 0 Å². The van der Waals surface area contributed by atoms with Crippen molar-refractivity contribution in [1.82, 2.24) is 9.78 Å². The summed E-state index contributed by atoms with van der Waals surface area (Å²) in [5, 5.41) is 5.23.